The van der Waals surface area contributed by atoms with Crippen molar-refractivity contribution in [2.45, 2.75) is 32.7 Å². The molecule has 0 amide bonds. The molecule has 0 saturated heterocycles. The third-order valence-corrected chi connectivity index (χ3v) is 1.71. The lowest BCUT2D eigenvalue weighted by Gasteiger charge is -2.22. The molecule has 0 unspecified atom stereocenters. The predicted octanol–water partition coefficient (Wildman–Crippen LogP) is 2.06. The summed E-state index contributed by atoms with van der Waals surface area (Å²) < 4.78 is 25.9. The second kappa shape index (κ2) is 3.48. The Balaban J connectivity index is 3.30. The van der Waals surface area contributed by atoms with Gasteiger partial charge in [-0.25, -0.2) is 13.5 Å². The summed E-state index contributed by atoms with van der Waals surface area (Å²) in [7, 11) is 0. The zero-order valence-corrected chi connectivity index (χ0v) is 8.38. The highest BCUT2D eigenvalue weighted by Crippen LogP contribution is 2.16. The summed E-state index contributed by atoms with van der Waals surface area (Å²) in [6.45, 7) is 5.44. The minimum Gasteiger partial charge on any atom is -0.283 e. The molecule has 1 rings (SSSR count). The molecule has 1 N–H and O–H groups in total. The first kappa shape index (κ1) is 10.8. The number of hydrogen-bond acceptors (Lipinski definition) is 2. The quantitative estimate of drug-likeness (QED) is 0.742. The van der Waals surface area contributed by atoms with E-state index < -0.39 is 12.0 Å². The Hall–Kier alpha value is -1.26. The zero-order chi connectivity index (χ0) is 10.9. The molecular weight excluding hydrogens is 188 g/mol. The standard InChI is InChI=1S/C9H13F2N3/c1-9(2,3)14-7(12)5-4-6(13-14)8(10)11/h4-5,8,12H,1-3H3. The summed E-state index contributed by atoms with van der Waals surface area (Å²) >= 11 is 0. The van der Waals surface area contributed by atoms with Gasteiger partial charge in [0.05, 0.1) is 5.54 Å². The van der Waals surface area contributed by atoms with Crippen molar-refractivity contribution in [1.29, 1.82) is 5.41 Å². The van der Waals surface area contributed by atoms with Crippen LogP contribution in [0.2, 0.25) is 0 Å². The Morgan fingerprint density at radius 2 is 1.93 bits per heavy atom. The van der Waals surface area contributed by atoms with Crippen molar-refractivity contribution in [3.63, 3.8) is 0 Å². The van der Waals surface area contributed by atoms with Gasteiger partial charge in [0.25, 0.3) is 6.43 Å². The first-order chi connectivity index (χ1) is 6.32. The van der Waals surface area contributed by atoms with Gasteiger partial charge in [0.2, 0.25) is 0 Å². The third-order valence-electron chi connectivity index (χ3n) is 1.71. The number of nitrogens with one attached hydrogen (secondary N) is 1. The molecule has 0 bridgehead atoms. The molecule has 0 aliphatic rings. The Kier molecular flexibility index (Phi) is 2.69. The number of nitrogens with zero attached hydrogens (tertiary/aromatic N) is 2. The van der Waals surface area contributed by atoms with Gasteiger partial charge in [0.1, 0.15) is 11.2 Å². The average molecular weight is 201 g/mol. The van der Waals surface area contributed by atoms with E-state index >= 15 is 0 Å². The molecular formula is C9H13F2N3. The van der Waals surface area contributed by atoms with Crippen LogP contribution < -0.4 is 5.49 Å². The van der Waals surface area contributed by atoms with E-state index in [-0.39, 0.29) is 11.2 Å². The van der Waals surface area contributed by atoms with Gasteiger partial charge in [-0.05, 0) is 32.9 Å². The first-order valence-corrected chi connectivity index (χ1v) is 4.26. The predicted molar refractivity (Wildman–Crippen MR) is 48.0 cm³/mol. The van der Waals surface area contributed by atoms with E-state index in [1.54, 1.807) is 0 Å². The lowest BCUT2D eigenvalue weighted by molar-refractivity contribution is 0.140. The molecule has 0 aromatic carbocycles. The molecule has 3 nitrogen and oxygen atoms in total. The number of alkyl halides is 2. The maximum Gasteiger partial charge on any atom is 0.282 e. The van der Waals surface area contributed by atoms with Crippen molar-refractivity contribution in [2.75, 3.05) is 0 Å². The van der Waals surface area contributed by atoms with Crippen molar-refractivity contribution < 1.29 is 8.78 Å². The van der Waals surface area contributed by atoms with Crippen LogP contribution in [0.15, 0.2) is 12.1 Å². The van der Waals surface area contributed by atoms with E-state index in [0.29, 0.717) is 0 Å². The molecule has 0 aliphatic carbocycles. The lowest BCUT2D eigenvalue weighted by Crippen LogP contribution is -2.36. The molecule has 0 atom stereocenters. The molecule has 78 valence electrons. The fraction of sp³-hybridized carbons (Fsp3) is 0.556. The van der Waals surface area contributed by atoms with Gasteiger partial charge in [0.15, 0.2) is 0 Å². The van der Waals surface area contributed by atoms with Crippen LogP contribution in [0.3, 0.4) is 0 Å². The second-order valence-electron chi connectivity index (χ2n) is 4.03. The van der Waals surface area contributed by atoms with E-state index in [1.807, 2.05) is 20.8 Å². The summed E-state index contributed by atoms with van der Waals surface area (Å²) in [5, 5.41) is 11.2. The van der Waals surface area contributed by atoms with Crippen molar-refractivity contribution in [1.82, 2.24) is 9.78 Å². The Bertz CT molecular complexity index is 376. The SMILES string of the molecule is CC(C)(C)n1nc(C(F)F)ccc1=N. The van der Waals surface area contributed by atoms with Crippen LogP contribution in [0.5, 0.6) is 0 Å². The summed E-state index contributed by atoms with van der Waals surface area (Å²) in [5.74, 6) is 0. The smallest absolute Gasteiger partial charge is 0.282 e. The maximum atomic E-state index is 12.3. The van der Waals surface area contributed by atoms with Crippen LogP contribution in [-0.4, -0.2) is 9.78 Å². The monoisotopic (exact) mass is 201 g/mol. The molecule has 0 aliphatic heterocycles. The fourth-order valence-corrected chi connectivity index (χ4v) is 1.07. The van der Waals surface area contributed by atoms with Crippen LogP contribution in [-0.2, 0) is 5.54 Å². The van der Waals surface area contributed by atoms with Crippen molar-refractivity contribution in [2.24, 2.45) is 0 Å². The average Bonchev–Trinajstić information content (AvgIpc) is 2.02. The summed E-state index contributed by atoms with van der Waals surface area (Å²) in [6, 6.07) is 2.51. The van der Waals surface area contributed by atoms with Gasteiger partial charge in [-0.15, -0.1) is 0 Å². The zero-order valence-electron chi connectivity index (χ0n) is 8.38. The summed E-state index contributed by atoms with van der Waals surface area (Å²) in [5.41, 5.74) is -0.625. The minimum atomic E-state index is -2.59. The van der Waals surface area contributed by atoms with Crippen molar-refractivity contribution >= 4 is 0 Å². The molecule has 1 aromatic rings. The molecule has 14 heavy (non-hydrogen) atoms. The maximum absolute atomic E-state index is 12.3. The molecule has 1 aromatic heterocycles. The van der Waals surface area contributed by atoms with E-state index in [2.05, 4.69) is 5.10 Å². The molecule has 0 spiro atoms. The van der Waals surface area contributed by atoms with Crippen LogP contribution in [0.25, 0.3) is 0 Å². The van der Waals surface area contributed by atoms with Crippen molar-refractivity contribution in [3.05, 3.63) is 23.3 Å². The highest BCUT2D eigenvalue weighted by Gasteiger charge is 2.17. The lowest BCUT2D eigenvalue weighted by atomic mass is 10.1. The van der Waals surface area contributed by atoms with E-state index in [1.165, 1.54) is 16.8 Å². The van der Waals surface area contributed by atoms with E-state index in [0.717, 1.165) is 0 Å². The van der Waals surface area contributed by atoms with E-state index in [4.69, 9.17) is 5.41 Å². The minimum absolute atomic E-state index is 0.127. The van der Waals surface area contributed by atoms with Crippen LogP contribution in [0, 0.1) is 5.41 Å². The first-order valence-electron chi connectivity index (χ1n) is 4.26. The highest BCUT2D eigenvalue weighted by atomic mass is 19.3. The molecule has 0 radical (unpaired) electrons. The molecule has 1 heterocycles. The van der Waals surface area contributed by atoms with Gasteiger partial charge in [-0.2, -0.15) is 5.10 Å². The van der Waals surface area contributed by atoms with Gasteiger partial charge >= 0.3 is 0 Å². The topological polar surface area (TPSA) is 41.7 Å². The molecule has 0 saturated carbocycles. The van der Waals surface area contributed by atoms with E-state index in [9.17, 15) is 8.78 Å². The summed E-state index contributed by atoms with van der Waals surface area (Å²) in [4.78, 5) is 0. The largest absolute Gasteiger partial charge is 0.283 e. The van der Waals surface area contributed by atoms with Crippen molar-refractivity contribution in [3.8, 4) is 0 Å². The molecule has 5 heteroatoms. The van der Waals surface area contributed by atoms with Gasteiger partial charge < -0.3 is 0 Å². The van der Waals surface area contributed by atoms with Gasteiger partial charge in [-0.3, -0.25) is 5.41 Å². The summed E-state index contributed by atoms with van der Waals surface area (Å²) in [6.07, 6.45) is -2.59. The fourth-order valence-electron chi connectivity index (χ4n) is 1.07. The third kappa shape index (κ3) is 2.16. The Morgan fingerprint density at radius 3 is 2.36 bits per heavy atom. The number of hydrogen-bond donors (Lipinski definition) is 1. The normalized spacial score (nSPS) is 12.1. The van der Waals surface area contributed by atoms with Gasteiger partial charge in [-0.1, -0.05) is 0 Å². The Morgan fingerprint density at radius 1 is 1.36 bits per heavy atom. The number of rotatable bonds is 1. The molecule has 0 fully saturated rings. The number of aromatic nitrogens is 2. The second-order valence-corrected chi connectivity index (χ2v) is 4.03. The van der Waals surface area contributed by atoms with Crippen LogP contribution in [0.1, 0.15) is 32.9 Å². The highest BCUT2D eigenvalue weighted by molar-refractivity contribution is 5.01. The van der Waals surface area contributed by atoms with Crippen LogP contribution >= 0.6 is 0 Å². The van der Waals surface area contributed by atoms with Gasteiger partial charge in [0, 0.05) is 0 Å². The number of halogens is 2. The van der Waals surface area contributed by atoms with Crippen LogP contribution in [0.4, 0.5) is 8.78 Å². The Labute approximate surface area is 80.9 Å².